The van der Waals surface area contributed by atoms with Crippen molar-refractivity contribution < 1.29 is 4.79 Å². The van der Waals surface area contributed by atoms with Crippen LogP contribution in [0.15, 0.2) is 30.6 Å². The summed E-state index contributed by atoms with van der Waals surface area (Å²) >= 11 is 0. The lowest BCUT2D eigenvalue weighted by Crippen LogP contribution is -2.26. The molecule has 2 aromatic rings. The van der Waals surface area contributed by atoms with E-state index in [-0.39, 0.29) is 36.6 Å². The second-order valence-electron chi connectivity index (χ2n) is 4.65. The molecule has 0 aliphatic carbocycles. The predicted octanol–water partition coefficient (Wildman–Crippen LogP) is 2.34. The van der Waals surface area contributed by atoms with E-state index in [0.29, 0.717) is 6.54 Å². The lowest BCUT2D eigenvalue weighted by atomic mass is 10.1. The number of nitrogens with one attached hydrogen (secondary N) is 1. The Balaban J connectivity index is 0.00000220. The van der Waals surface area contributed by atoms with Crippen LogP contribution in [0.25, 0.3) is 11.4 Å². The van der Waals surface area contributed by atoms with Crippen molar-refractivity contribution in [3.63, 3.8) is 0 Å². The van der Waals surface area contributed by atoms with Gasteiger partial charge in [-0.3, -0.25) is 4.79 Å². The molecule has 1 aromatic heterocycles. The number of rotatable bonds is 5. The molecule has 2 rings (SSSR count). The van der Waals surface area contributed by atoms with Gasteiger partial charge in [-0.1, -0.05) is 19.1 Å². The molecule has 0 spiro atoms. The van der Waals surface area contributed by atoms with Crippen LogP contribution < -0.4 is 11.1 Å². The van der Waals surface area contributed by atoms with Crippen LogP contribution in [0.4, 0.5) is 5.69 Å². The number of halogens is 2. The number of nitrogens with two attached hydrogens (primary N) is 1. The van der Waals surface area contributed by atoms with Crippen molar-refractivity contribution in [1.29, 1.82) is 0 Å². The lowest BCUT2D eigenvalue weighted by molar-refractivity contribution is -0.119. The largest absolute Gasteiger partial charge is 0.330 e. The molecule has 0 saturated heterocycles. The molecular formula is C14H21Cl2N5O. The van der Waals surface area contributed by atoms with Crippen molar-refractivity contribution in [3.8, 4) is 11.4 Å². The van der Waals surface area contributed by atoms with Gasteiger partial charge in [0, 0.05) is 30.3 Å². The third-order valence-corrected chi connectivity index (χ3v) is 3.15. The standard InChI is InChI=1S/C14H19N5O.2ClH/c1-3-19-9-16-18-13(19)11-5-4-6-12(7-11)17-14(20)10(2)8-15;;/h4-7,9-10H,3,8,15H2,1-2H3,(H,17,20);2*1H. The van der Waals surface area contributed by atoms with E-state index < -0.39 is 0 Å². The summed E-state index contributed by atoms with van der Waals surface area (Å²) in [6.45, 7) is 4.95. The Morgan fingerprint density at radius 3 is 2.77 bits per heavy atom. The van der Waals surface area contributed by atoms with Crippen molar-refractivity contribution in [2.45, 2.75) is 20.4 Å². The third kappa shape index (κ3) is 4.69. The summed E-state index contributed by atoms with van der Waals surface area (Å²) < 4.78 is 1.95. The van der Waals surface area contributed by atoms with Crippen LogP contribution in [0.2, 0.25) is 0 Å². The monoisotopic (exact) mass is 345 g/mol. The van der Waals surface area contributed by atoms with E-state index >= 15 is 0 Å². The van der Waals surface area contributed by atoms with Gasteiger partial charge in [0.25, 0.3) is 0 Å². The molecule has 0 radical (unpaired) electrons. The second-order valence-corrected chi connectivity index (χ2v) is 4.65. The highest BCUT2D eigenvalue weighted by atomic mass is 35.5. The summed E-state index contributed by atoms with van der Waals surface area (Å²) in [5, 5.41) is 10.9. The highest BCUT2D eigenvalue weighted by molar-refractivity contribution is 5.93. The Hall–Kier alpha value is -1.63. The summed E-state index contributed by atoms with van der Waals surface area (Å²) in [4.78, 5) is 11.8. The van der Waals surface area contributed by atoms with Crippen molar-refractivity contribution in [2.24, 2.45) is 11.7 Å². The molecule has 1 heterocycles. The van der Waals surface area contributed by atoms with Crippen LogP contribution in [0.5, 0.6) is 0 Å². The van der Waals surface area contributed by atoms with Gasteiger partial charge in [-0.15, -0.1) is 35.0 Å². The molecule has 3 N–H and O–H groups in total. The first-order chi connectivity index (χ1) is 9.65. The SMILES string of the molecule is CCn1cnnc1-c1cccc(NC(=O)C(C)CN)c1.Cl.Cl. The Morgan fingerprint density at radius 2 is 2.14 bits per heavy atom. The summed E-state index contributed by atoms with van der Waals surface area (Å²) in [5.41, 5.74) is 7.14. The zero-order chi connectivity index (χ0) is 14.5. The van der Waals surface area contributed by atoms with Gasteiger partial charge < -0.3 is 15.6 Å². The highest BCUT2D eigenvalue weighted by Crippen LogP contribution is 2.21. The van der Waals surface area contributed by atoms with E-state index in [0.717, 1.165) is 23.6 Å². The molecular weight excluding hydrogens is 325 g/mol. The Bertz CT molecular complexity index is 602. The minimum Gasteiger partial charge on any atom is -0.330 e. The van der Waals surface area contributed by atoms with Crippen LogP contribution in [-0.2, 0) is 11.3 Å². The highest BCUT2D eigenvalue weighted by Gasteiger charge is 2.12. The number of nitrogens with zero attached hydrogens (tertiary/aromatic N) is 3. The maximum Gasteiger partial charge on any atom is 0.228 e. The molecule has 1 aromatic carbocycles. The average Bonchev–Trinajstić information content (AvgIpc) is 2.95. The fourth-order valence-corrected chi connectivity index (χ4v) is 1.82. The minimum atomic E-state index is -0.210. The first-order valence-corrected chi connectivity index (χ1v) is 6.64. The molecule has 0 aliphatic rings. The molecule has 0 saturated carbocycles. The van der Waals surface area contributed by atoms with Crippen molar-refractivity contribution >= 4 is 36.4 Å². The summed E-state index contributed by atoms with van der Waals surface area (Å²) in [5.74, 6) is 0.495. The topological polar surface area (TPSA) is 85.8 Å². The average molecular weight is 346 g/mol. The van der Waals surface area contributed by atoms with Crippen LogP contribution in [-0.4, -0.2) is 27.2 Å². The normalized spacial score (nSPS) is 11.0. The van der Waals surface area contributed by atoms with Crippen molar-refractivity contribution in [2.75, 3.05) is 11.9 Å². The Labute approximate surface area is 142 Å². The summed E-state index contributed by atoms with van der Waals surface area (Å²) in [6, 6.07) is 7.56. The van der Waals surface area contributed by atoms with E-state index in [1.807, 2.05) is 35.8 Å². The number of anilines is 1. The molecule has 22 heavy (non-hydrogen) atoms. The number of amides is 1. The first-order valence-electron chi connectivity index (χ1n) is 6.64. The third-order valence-electron chi connectivity index (χ3n) is 3.15. The molecule has 1 amide bonds. The zero-order valence-electron chi connectivity index (χ0n) is 12.5. The van der Waals surface area contributed by atoms with E-state index in [1.54, 1.807) is 13.3 Å². The zero-order valence-corrected chi connectivity index (χ0v) is 14.2. The van der Waals surface area contributed by atoms with Crippen LogP contribution in [0.3, 0.4) is 0 Å². The quantitative estimate of drug-likeness (QED) is 0.870. The van der Waals surface area contributed by atoms with E-state index in [9.17, 15) is 4.79 Å². The Kier molecular flexibility index (Phi) is 8.70. The maximum atomic E-state index is 11.8. The van der Waals surface area contributed by atoms with Crippen LogP contribution in [0.1, 0.15) is 13.8 Å². The van der Waals surface area contributed by atoms with Crippen molar-refractivity contribution in [3.05, 3.63) is 30.6 Å². The number of carbonyl (C=O) groups is 1. The molecule has 1 unspecified atom stereocenters. The van der Waals surface area contributed by atoms with Gasteiger partial charge in [0.05, 0.1) is 0 Å². The number of hydrogen-bond donors (Lipinski definition) is 2. The second kappa shape index (κ2) is 9.40. The van der Waals surface area contributed by atoms with Gasteiger partial charge in [-0.05, 0) is 19.1 Å². The first kappa shape index (κ1) is 20.4. The number of aromatic nitrogens is 3. The minimum absolute atomic E-state index is 0. The van der Waals surface area contributed by atoms with Gasteiger partial charge in [-0.25, -0.2) is 0 Å². The number of aryl methyl sites for hydroxylation is 1. The van der Waals surface area contributed by atoms with Gasteiger partial charge in [0.2, 0.25) is 5.91 Å². The van der Waals surface area contributed by atoms with Crippen LogP contribution >= 0.6 is 24.8 Å². The molecule has 0 bridgehead atoms. The van der Waals surface area contributed by atoms with E-state index in [1.165, 1.54) is 0 Å². The van der Waals surface area contributed by atoms with Gasteiger partial charge >= 0.3 is 0 Å². The summed E-state index contributed by atoms with van der Waals surface area (Å²) in [6.07, 6.45) is 1.69. The molecule has 122 valence electrons. The van der Waals surface area contributed by atoms with Gasteiger partial charge in [0.1, 0.15) is 6.33 Å². The fourth-order valence-electron chi connectivity index (χ4n) is 1.82. The Morgan fingerprint density at radius 1 is 1.41 bits per heavy atom. The molecule has 6 nitrogen and oxygen atoms in total. The number of carbonyl (C=O) groups excluding carboxylic acids is 1. The number of benzene rings is 1. The predicted molar refractivity (Wildman–Crippen MR) is 92.5 cm³/mol. The van der Waals surface area contributed by atoms with Crippen LogP contribution in [0, 0.1) is 5.92 Å². The molecule has 1 atom stereocenters. The smallest absolute Gasteiger partial charge is 0.228 e. The van der Waals surface area contributed by atoms with E-state index in [2.05, 4.69) is 15.5 Å². The van der Waals surface area contributed by atoms with Crippen molar-refractivity contribution in [1.82, 2.24) is 14.8 Å². The maximum absolute atomic E-state index is 11.8. The summed E-state index contributed by atoms with van der Waals surface area (Å²) in [7, 11) is 0. The number of hydrogen-bond acceptors (Lipinski definition) is 4. The lowest BCUT2D eigenvalue weighted by Gasteiger charge is -2.11. The van der Waals surface area contributed by atoms with Gasteiger partial charge in [0.15, 0.2) is 5.82 Å². The molecule has 0 fully saturated rings. The fraction of sp³-hybridized carbons (Fsp3) is 0.357. The molecule has 8 heteroatoms. The van der Waals surface area contributed by atoms with E-state index in [4.69, 9.17) is 5.73 Å². The van der Waals surface area contributed by atoms with Gasteiger partial charge in [-0.2, -0.15) is 0 Å². The molecule has 0 aliphatic heterocycles.